The van der Waals surface area contributed by atoms with E-state index in [0.29, 0.717) is 24.9 Å². The van der Waals surface area contributed by atoms with E-state index in [4.69, 9.17) is 4.74 Å². The molecule has 3 nitrogen and oxygen atoms in total. The third-order valence-electron chi connectivity index (χ3n) is 2.73. The van der Waals surface area contributed by atoms with Crippen LogP contribution in [0.4, 0.5) is 13.2 Å². The van der Waals surface area contributed by atoms with Crippen LogP contribution in [0.1, 0.15) is 20.3 Å². The van der Waals surface area contributed by atoms with Crippen molar-refractivity contribution in [3.63, 3.8) is 0 Å². The van der Waals surface area contributed by atoms with Gasteiger partial charge in [-0.3, -0.25) is 0 Å². The van der Waals surface area contributed by atoms with E-state index >= 15 is 0 Å². The molecule has 0 radical (unpaired) electrons. The van der Waals surface area contributed by atoms with E-state index in [1.807, 2.05) is 0 Å². The average Bonchev–Trinajstić information content (AvgIpc) is 2.25. The van der Waals surface area contributed by atoms with Crippen LogP contribution in [-0.2, 0) is 9.47 Å². The van der Waals surface area contributed by atoms with E-state index in [1.54, 1.807) is 7.11 Å². The van der Waals surface area contributed by atoms with Gasteiger partial charge in [-0.1, -0.05) is 13.8 Å². The summed E-state index contributed by atoms with van der Waals surface area (Å²) in [5.41, 5.74) is 0. The first-order chi connectivity index (χ1) is 8.37. The van der Waals surface area contributed by atoms with Gasteiger partial charge in [0.2, 0.25) is 0 Å². The van der Waals surface area contributed by atoms with Gasteiger partial charge < -0.3 is 14.8 Å². The molecule has 110 valence electrons. The zero-order valence-electron chi connectivity index (χ0n) is 11.3. The molecular weight excluding hydrogens is 247 g/mol. The van der Waals surface area contributed by atoms with Crippen LogP contribution in [-0.4, -0.2) is 46.2 Å². The van der Waals surface area contributed by atoms with Crippen molar-refractivity contribution in [2.24, 2.45) is 11.8 Å². The van der Waals surface area contributed by atoms with Crippen LogP contribution in [0, 0.1) is 11.8 Å². The summed E-state index contributed by atoms with van der Waals surface area (Å²) in [4.78, 5) is 0. The third-order valence-corrected chi connectivity index (χ3v) is 2.73. The Kier molecular flexibility index (Phi) is 9.40. The minimum absolute atomic E-state index is 0.147. The summed E-state index contributed by atoms with van der Waals surface area (Å²) in [5, 5.41) is 3.22. The molecule has 0 spiro atoms. The fraction of sp³-hybridized carbons (Fsp3) is 1.00. The van der Waals surface area contributed by atoms with Crippen molar-refractivity contribution < 1.29 is 22.6 Å². The van der Waals surface area contributed by atoms with Crippen LogP contribution in [0.5, 0.6) is 0 Å². The molecule has 0 aliphatic carbocycles. The van der Waals surface area contributed by atoms with Crippen molar-refractivity contribution in [2.45, 2.75) is 26.4 Å². The molecule has 0 aromatic rings. The zero-order valence-corrected chi connectivity index (χ0v) is 11.3. The number of ether oxygens (including phenoxy) is 2. The molecule has 6 heteroatoms. The Morgan fingerprint density at radius 2 is 1.83 bits per heavy atom. The monoisotopic (exact) mass is 271 g/mol. The molecule has 0 saturated carbocycles. The standard InChI is InChI=1S/C12H24F3NO2/c1-10(2)11(8-16-5-7-17-3)4-6-18-9-12(13,14)15/h10-11,16H,4-9H2,1-3H3. The first kappa shape index (κ1) is 17.7. The lowest BCUT2D eigenvalue weighted by Crippen LogP contribution is -2.30. The van der Waals surface area contributed by atoms with Gasteiger partial charge in [0.15, 0.2) is 0 Å². The Balaban J connectivity index is 3.70. The van der Waals surface area contributed by atoms with Gasteiger partial charge in [0.1, 0.15) is 6.61 Å². The van der Waals surface area contributed by atoms with E-state index < -0.39 is 12.8 Å². The van der Waals surface area contributed by atoms with Gasteiger partial charge in [-0.2, -0.15) is 13.2 Å². The Morgan fingerprint density at radius 3 is 2.33 bits per heavy atom. The number of rotatable bonds is 10. The fourth-order valence-electron chi connectivity index (χ4n) is 1.56. The van der Waals surface area contributed by atoms with Crippen molar-refractivity contribution in [3.05, 3.63) is 0 Å². The molecule has 18 heavy (non-hydrogen) atoms. The first-order valence-electron chi connectivity index (χ1n) is 6.21. The first-order valence-corrected chi connectivity index (χ1v) is 6.21. The molecule has 1 N–H and O–H groups in total. The topological polar surface area (TPSA) is 30.5 Å². The molecule has 1 unspecified atom stereocenters. The molecule has 0 aromatic heterocycles. The quantitative estimate of drug-likeness (QED) is 0.619. The molecule has 0 fully saturated rings. The van der Waals surface area contributed by atoms with Gasteiger partial charge in [-0.15, -0.1) is 0 Å². The van der Waals surface area contributed by atoms with E-state index in [2.05, 4.69) is 23.9 Å². The summed E-state index contributed by atoms with van der Waals surface area (Å²) in [6, 6.07) is 0. The number of alkyl halides is 3. The molecule has 0 amide bonds. The second kappa shape index (κ2) is 9.58. The maximum Gasteiger partial charge on any atom is 0.411 e. The number of hydrogen-bond acceptors (Lipinski definition) is 3. The highest BCUT2D eigenvalue weighted by Crippen LogP contribution is 2.17. The van der Waals surface area contributed by atoms with E-state index in [0.717, 1.165) is 13.1 Å². The van der Waals surface area contributed by atoms with Crippen molar-refractivity contribution in [2.75, 3.05) is 40.0 Å². The summed E-state index contributed by atoms with van der Waals surface area (Å²) in [7, 11) is 1.63. The Hall–Kier alpha value is -0.330. The minimum atomic E-state index is -4.23. The molecule has 0 heterocycles. The van der Waals surface area contributed by atoms with Crippen molar-refractivity contribution >= 4 is 0 Å². The number of halogens is 3. The molecule has 0 saturated heterocycles. The van der Waals surface area contributed by atoms with Crippen LogP contribution in [0.2, 0.25) is 0 Å². The summed E-state index contributed by atoms with van der Waals surface area (Å²) in [6.07, 6.45) is -3.60. The van der Waals surface area contributed by atoms with Crippen LogP contribution in [0.15, 0.2) is 0 Å². The highest BCUT2D eigenvalue weighted by molar-refractivity contribution is 4.66. The molecule has 1 atom stereocenters. The smallest absolute Gasteiger partial charge is 0.383 e. The zero-order chi connectivity index (χ0) is 14.0. The van der Waals surface area contributed by atoms with Gasteiger partial charge in [-0.05, 0) is 24.8 Å². The largest absolute Gasteiger partial charge is 0.411 e. The van der Waals surface area contributed by atoms with Crippen LogP contribution in [0.25, 0.3) is 0 Å². The molecule has 0 aliphatic heterocycles. The Labute approximate surface area is 107 Å². The number of nitrogens with one attached hydrogen (secondary N) is 1. The van der Waals surface area contributed by atoms with Gasteiger partial charge in [0.25, 0.3) is 0 Å². The lowest BCUT2D eigenvalue weighted by atomic mass is 9.93. The predicted octanol–water partition coefficient (Wildman–Crippen LogP) is 2.46. The molecule has 0 bridgehead atoms. The van der Waals surface area contributed by atoms with Gasteiger partial charge in [-0.25, -0.2) is 0 Å². The van der Waals surface area contributed by atoms with Gasteiger partial charge in [0.05, 0.1) is 6.61 Å². The second-order valence-electron chi connectivity index (χ2n) is 4.66. The van der Waals surface area contributed by atoms with Crippen molar-refractivity contribution in [1.29, 1.82) is 0 Å². The minimum Gasteiger partial charge on any atom is -0.383 e. The SMILES string of the molecule is COCCNCC(CCOCC(F)(F)F)C(C)C. The summed E-state index contributed by atoms with van der Waals surface area (Å²) in [5.74, 6) is 0.727. The second-order valence-corrected chi connectivity index (χ2v) is 4.66. The summed E-state index contributed by atoms with van der Waals surface area (Å²) in [6.45, 7) is 5.27. The summed E-state index contributed by atoms with van der Waals surface area (Å²) < 4.78 is 45.2. The number of hydrogen-bond donors (Lipinski definition) is 1. The van der Waals surface area contributed by atoms with Gasteiger partial charge in [0, 0.05) is 20.3 Å². The van der Waals surface area contributed by atoms with Crippen LogP contribution < -0.4 is 5.32 Å². The fourth-order valence-corrected chi connectivity index (χ4v) is 1.56. The highest BCUT2D eigenvalue weighted by atomic mass is 19.4. The molecule has 0 rings (SSSR count). The maximum atomic E-state index is 11.9. The van der Waals surface area contributed by atoms with E-state index in [-0.39, 0.29) is 6.61 Å². The number of methoxy groups -OCH3 is 1. The van der Waals surface area contributed by atoms with Crippen molar-refractivity contribution in [1.82, 2.24) is 5.32 Å². The Morgan fingerprint density at radius 1 is 1.17 bits per heavy atom. The molecule has 0 aliphatic rings. The van der Waals surface area contributed by atoms with E-state index in [9.17, 15) is 13.2 Å². The highest BCUT2D eigenvalue weighted by Gasteiger charge is 2.27. The van der Waals surface area contributed by atoms with Crippen LogP contribution >= 0.6 is 0 Å². The Bertz CT molecular complexity index is 198. The maximum absolute atomic E-state index is 11.9. The van der Waals surface area contributed by atoms with Crippen molar-refractivity contribution in [3.8, 4) is 0 Å². The molecular formula is C12H24F3NO2. The predicted molar refractivity (Wildman–Crippen MR) is 64.6 cm³/mol. The van der Waals surface area contributed by atoms with E-state index in [1.165, 1.54) is 0 Å². The molecule has 0 aromatic carbocycles. The lowest BCUT2D eigenvalue weighted by Gasteiger charge is -2.21. The van der Waals surface area contributed by atoms with Gasteiger partial charge >= 0.3 is 6.18 Å². The van der Waals surface area contributed by atoms with Crippen LogP contribution in [0.3, 0.4) is 0 Å². The lowest BCUT2D eigenvalue weighted by molar-refractivity contribution is -0.174. The summed E-state index contributed by atoms with van der Waals surface area (Å²) >= 11 is 0. The third kappa shape index (κ3) is 10.8. The normalized spacial score (nSPS) is 14.2. The average molecular weight is 271 g/mol.